The van der Waals surface area contributed by atoms with Crippen LogP contribution in [0.25, 0.3) is 76.8 Å². The summed E-state index contributed by atoms with van der Waals surface area (Å²) in [5, 5.41) is 7.59. The highest BCUT2D eigenvalue weighted by atomic mass is 15.1. The Labute approximate surface area is 322 Å². The maximum absolute atomic E-state index is 2.36. The van der Waals surface area contributed by atoms with Gasteiger partial charge in [0.25, 0.3) is 0 Å². The predicted molar refractivity (Wildman–Crippen MR) is 235 cm³/mol. The Morgan fingerprint density at radius 1 is 0.200 bits per heavy atom. The molecule has 0 atom stereocenters. The van der Waals surface area contributed by atoms with Crippen molar-refractivity contribution < 1.29 is 0 Å². The summed E-state index contributed by atoms with van der Waals surface area (Å²) in [5.74, 6) is 0. The predicted octanol–water partition coefficient (Wildman–Crippen LogP) is 15.3. The molecule has 1 nitrogen and oxygen atoms in total. The third-order valence-electron chi connectivity index (χ3n) is 10.8. The Morgan fingerprint density at radius 2 is 0.618 bits per heavy atom. The molecule has 0 saturated heterocycles. The highest BCUT2D eigenvalue weighted by molar-refractivity contribution is 6.08. The molecule has 55 heavy (non-hydrogen) atoms. The maximum Gasteiger partial charge on any atom is 0.0467 e. The fourth-order valence-corrected chi connectivity index (χ4v) is 7.92. The van der Waals surface area contributed by atoms with Crippen molar-refractivity contribution in [3.63, 3.8) is 0 Å². The molecule has 258 valence electrons. The maximum atomic E-state index is 2.36. The second-order valence-electron chi connectivity index (χ2n) is 14.2. The summed E-state index contributed by atoms with van der Waals surface area (Å²) in [4.78, 5) is 2.36. The van der Waals surface area contributed by atoms with Crippen molar-refractivity contribution in [3.8, 4) is 44.5 Å². The van der Waals surface area contributed by atoms with E-state index in [1.54, 1.807) is 0 Å². The molecule has 10 aromatic carbocycles. The first-order valence-corrected chi connectivity index (χ1v) is 18.9. The minimum Gasteiger partial charge on any atom is -0.310 e. The van der Waals surface area contributed by atoms with Crippen molar-refractivity contribution >= 4 is 49.4 Å². The quantitative estimate of drug-likeness (QED) is 0.150. The minimum absolute atomic E-state index is 1.10. The van der Waals surface area contributed by atoms with E-state index < -0.39 is 0 Å². The first kappa shape index (κ1) is 32.4. The largest absolute Gasteiger partial charge is 0.310 e. The fraction of sp³-hybridized carbons (Fsp3) is 0. The van der Waals surface area contributed by atoms with Crippen molar-refractivity contribution in [1.82, 2.24) is 0 Å². The number of anilines is 3. The van der Waals surface area contributed by atoms with Crippen molar-refractivity contribution in [1.29, 1.82) is 0 Å². The van der Waals surface area contributed by atoms with Crippen LogP contribution >= 0.6 is 0 Å². The molecule has 0 saturated carbocycles. The zero-order valence-corrected chi connectivity index (χ0v) is 30.3. The Hall–Kier alpha value is -7.22. The summed E-state index contributed by atoms with van der Waals surface area (Å²) in [6.45, 7) is 0. The van der Waals surface area contributed by atoms with Gasteiger partial charge in [0.05, 0.1) is 0 Å². The Kier molecular flexibility index (Phi) is 8.24. The van der Waals surface area contributed by atoms with Gasteiger partial charge in [-0.2, -0.15) is 0 Å². The summed E-state index contributed by atoms with van der Waals surface area (Å²) >= 11 is 0. The van der Waals surface area contributed by atoms with Crippen LogP contribution in [0.2, 0.25) is 0 Å². The van der Waals surface area contributed by atoms with E-state index in [-0.39, 0.29) is 0 Å². The van der Waals surface area contributed by atoms with Crippen LogP contribution in [-0.2, 0) is 0 Å². The molecule has 0 spiro atoms. The van der Waals surface area contributed by atoms with Gasteiger partial charge in [0.2, 0.25) is 0 Å². The van der Waals surface area contributed by atoms with Crippen molar-refractivity contribution in [2.75, 3.05) is 4.90 Å². The van der Waals surface area contributed by atoms with E-state index in [1.807, 2.05) is 0 Å². The molecule has 0 amide bonds. The summed E-state index contributed by atoms with van der Waals surface area (Å²) in [5.41, 5.74) is 12.9. The van der Waals surface area contributed by atoms with Gasteiger partial charge in [-0.15, -0.1) is 0 Å². The van der Waals surface area contributed by atoms with Crippen molar-refractivity contribution in [3.05, 3.63) is 224 Å². The molecule has 0 aliphatic rings. The van der Waals surface area contributed by atoms with E-state index in [0.717, 1.165) is 17.1 Å². The van der Waals surface area contributed by atoms with Crippen molar-refractivity contribution in [2.45, 2.75) is 0 Å². The smallest absolute Gasteiger partial charge is 0.0467 e. The van der Waals surface area contributed by atoms with Gasteiger partial charge < -0.3 is 4.90 Å². The molecule has 0 heterocycles. The average Bonchev–Trinajstić information content (AvgIpc) is 3.27. The lowest BCUT2D eigenvalue weighted by atomic mass is 9.97. The Bertz CT molecular complexity index is 2940. The third-order valence-corrected chi connectivity index (χ3v) is 10.8. The van der Waals surface area contributed by atoms with Gasteiger partial charge in [-0.1, -0.05) is 176 Å². The molecular formula is C54H37N. The standard InChI is InChI=1S/C54H37N/c1-2-9-38(10-3-1)40-17-19-41(20-18-40)42-25-30-50(31-26-42)55(52-15-8-14-46(37-52)48-23-21-39-11-4-5-13-45(39)35-48)51-32-27-43(28-33-51)47-29-34-54-49(36-47)24-22-44-12-6-7-16-53(44)54/h1-37H. The zero-order valence-electron chi connectivity index (χ0n) is 30.3. The van der Waals surface area contributed by atoms with Crippen LogP contribution in [0.15, 0.2) is 224 Å². The fourth-order valence-electron chi connectivity index (χ4n) is 7.92. The Morgan fingerprint density at radius 3 is 1.33 bits per heavy atom. The zero-order chi connectivity index (χ0) is 36.6. The van der Waals surface area contributed by atoms with Gasteiger partial charge in [-0.25, -0.2) is 0 Å². The molecule has 10 aromatic rings. The molecule has 0 N–H and O–H groups in total. The number of benzene rings is 10. The van der Waals surface area contributed by atoms with E-state index in [1.165, 1.54) is 76.8 Å². The van der Waals surface area contributed by atoms with Crippen LogP contribution in [-0.4, -0.2) is 0 Å². The van der Waals surface area contributed by atoms with Gasteiger partial charge in [0, 0.05) is 17.1 Å². The van der Waals surface area contributed by atoms with E-state index in [0.29, 0.717) is 0 Å². The molecule has 0 aromatic heterocycles. The SMILES string of the molecule is c1ccc(-c2ccc(-c3ccc(N(c4ccc(-c5ccc6c(ccc7ccccc76)c5)cc4)c4cccc(-c5ccc6ccccc6c5)c4)cc3)cc2)cc1. The summed E-state index contributed by atoms with van der Waals surface area (Å²) in [6, 6.07) is 81.4. The molecule has 10 rings (SSSR count). The average molecular weight is 700 g/mol. The third kappa shape index (κ3) is 6.33. The lowest BCUT2D eigenvalue weighted by Gasteiger charge is -2.26. The van der Waals surface area contributed by atoms with Crippen LogP contribution in [0.4, 0.5) is 17.1 Å². The van der Waals surface area contributed by atoms with E-state index in [9.17, 15) is 0 Å². The van der Waals surface area contributed by atoms with Crippen LogP contribution in [0.3, 0.4) is 0 Å². The number of hydrogen-bond donors (Lipinski definition) is 0. The normalized spacial score (nSPS) is 11.3. The number of nitrogens with zero attached hydrogens (tertiary/aromatic N) is 1. The molecule has 0 radical (unpaired) electrons. The summed E-state index contributed by atoms with van der Waals surface area (Å²) in [6.07, 6.45) is 0. The molecule has 0 aliphatic heterocycles. The molecule has 0 fully saturated rings. The van der Waals surface area contributed by atoms with Gasteiger partial charge in [0.15, 0.2) is 0 Å². The molecule has 1 heteroatoms. The van der Waals surface area contributed by atoms with Crippen molar-refractivity contribution in [2.24, 2.45) is 0 Å². The van der Waals surface area contributed by atoms with Gasteiger partial charge in [-0.05, 0) is 125 Å². The molecule has 0 aliphatic carbocycles. The van der Waals surface area contributed by atoms with Gasteiger partial charge in [0.1, 0.15) is 0 Å². The second kappa shape index (κ2) is 14.0. The number of hydrogen-bond acceptors (Lipinski definition) is 1. The van der Waals surface area contributed by atoms with E-state index in [4.69, 9.17) is 0 Å². The topological polar surface area (TPSA) is 3.24 Å². The van der Waals surface area contributed by atoms with Crippen LogP contribution in [0, 0.1) is 0 Å². The minimum atomic E-state index is 1.10. The Balaban J connectivity index is 1.02. The number of fused-ring (bicyclic) bond motifs is 4. The van der Waals surface area contributed by atoms with E-state index >= 15 is 0 Å². The highest BCUT2D eigenvalue weighted by Gasteiger charge is 2.15. The second-order valence-corrected chi connectivity index (χ2v) is 14.2. The highest BCUT2D eigenvalue weighted by Crippen LogP contribution is 2.39. The van der Waals surface area contributed by atoms with Gasteiger partial charge >= 0.3 is 0 Å². The van der Waals surface area contributed by atoms with Crippen LogP contribution < -0.4 is 4.90 Å². The molecule has 0 unspecified atom stereocenters. The van der Waals surface area contributed by atoms with Gasteiger partial charge in [-0.3, -0.25) is 0 Å². The number of rotatable bonds is 7. The van der Waals surface area contributed by atoms with E-state index in [2.05, 4.69) is 229 Å². The molecular weight excluding hydrogens is 663 g/mol. The lowest BCUT2D eigenvalue weighted by Crippen LogP contribution is -2.10. The lowest BCUT2D eigenvalue weighted by molar-refractivity contribution is 1.28. The first-order chi connectivity index (χ1) is 27.2. The molecule has 0 bridgehead atoms. The van der Waals surface area contributed by atoms with Crippen LogP contribution in [0.5, 0.6) is 0 Å². The van der Waals surface area contributed by atoms with Crippen LogP contribution in [0.1, 0.15) is 0 Å². The first-order valence-electron chi connectivity index (χ1n) is 18.9. The monoisotopic (exact) mass is 699 g/mol. The summed E-state index contributed by atoms with van der Waals surface area (Å²) in [7, 11) is 0. The summed E-state index contributed by atoms with van der Waals surface area (Å²) < 4.78 is 0.